The predicted octanol–water partition coefficient (Wildman–Crippen LogP) is 4.07. The van der Waals surface area contributed by atoms with E-state index >= 15 is 0 Å². The van der Waals surface area contributed by atoms with Crippen LogP contribution < -0.4 is 0 Å². The number of carbonyl (C=O) groups excluding carboxylic acids is 1. The Bertz CT molecular complexity index is 687. The van der Waals surface area contributed by atoms with Crippen LogP contribution in [-0.2, 0) is 0 Å². The molecule has 2 aromatic heterocycles. The van der Waals surface area contributed by atoms with Crippen molar-refractivity contribution in [1.29, 1.82) is 0 Å². The smallest absolute Gasteiger partial charge is 0.257 e. The quantitative estimate of drug-likeness (QED) is 0.688. The van der Waals surface area contributed by atoms with Crippen molar-refractivity contribution in [3.8, 4) is 11.4 Å². The lowest BCUT2D eigenvalue weighted by atomic mass is 9.94. The number of rotatable bonds is 7. The van der Waals surface area contributed by atoms with E-state index in [4.69, 9.17) is 0 Å². The molecule has 0 aromatic carbocycles. The normalized spacial score (nSPS) is 15.0. The van der Waals surface area contributed by atoms with Gasteiger partial charge in [0.25, 0.3) is 5.91 Å². The van der Waals surface area contributed by atoms with Crippen LogP contribution in [0.25, 0.3) is 11.4 Å². The van der Waals surface area contributed by atoms with Gasteiger partial charge in [-0.15, -0.1) is 0 Å². The summed E-state index contributed by atoms with van der Waals surface area (Å²) in [7, 11) is 0. The molecule has 1 saturated carbocycles. The van der Waals surface area contributed by atoms with E-state index in [0.29, 0.717) is 17.4 Å². The lowest BCUT2D eigenvalue weighted by molar-refractivity contribution is 0.0649. The first-order valence-electron chi connectivity index (χ1n) is 9.40. The highest BCUT2D eigenvalue weighted by Gasteiger charge is 2.26. The second-order valence-electron chi connectivity index (χ2n) is 6.52. The molecule has 2 heterocycles. The first-order chi connectivity index (χ1) is 12.8. The fourth-order valence-electron chi connectivity index (χ4n) is 3.40. The molecular weight excluding hydrogens is 344 g/mol. The summed E-state index contributed by atoms with van der Waals surface area (Å²) >= 11 is 1.88. The number of thioether (sulfide) groups is 1. The van der Waals surface area contributed by atoms with Crippen LogP contribution in [-0.4, -0.2) is 49.9 Å². The molecule has 0 atom stereocenters. The lowest BCUT2D eigenvalue weighted by Gasteiger charge is -2.34. The minimum atomic E-state index is 0.0614. The Morgan fingerprint density at radius 3 is 2.62 bits per heavy atom. The molecule has 0 N–H and O–H groups in total. The SMILES string of the molecule is CCSCCN(C(=O)c1cnc(-c2cccnc2)nc1)C1CCCCC1. The van der Waals surface area contributed by atoms with E-state index in [9.17, 15) is 4.79 Å². The van der Waals surface area contributed by atoms with Gasteiger partial charge in [0.15, 0.2) is 5.82 Å². The maximum atomic E-state index is 13.1. The van der Waals surface area contributed by atoms with Gasteiger partial charge in [0, 0.05) is 48.7 Å². The summed E-state index contributed by atoms with van der Waals surface area (Å²) in [6, 6.07) is 4.13. The first kappa shape index (κ1) is 18.8. The molecule has 0 unspecified atom stereocenters. The minimum absolute atomic E-state index is 0.0614. The molecule has 2 aromatic rings. The Kier molecular flexibility index (Phi) is 7.00. The van der Waals surface area contributed by atoms with Gasteiger partial charge in [-0.1, -0.05) is 26.2 Å². The van der Waals surface area contributed by atoms with Crippen molar-refractivity contribution in [2.75, 3.05) is 18.1 Å². The summed E-state index contributed by atoms with van der Waals surface area (Å²) in [6.45, 7) is 2.95. The van der Waals surface area contributed by atoms with Gasteiger partial charge in [-0.2, -0.15) is 11.8 Å². The number of aromatic nitrogens is 3. The fourth-order valence-corrected chi connectivity index (χ4v) is 4.01. The molecule has 3 rings (SSSR count). The lowest BCUT2D eigenvalue weighted by Crippen LogP contribution is -2.43. The van der Waals surface area contributed by atoms with Crippen LogP contribution in [0.15, 0.2) is 36.9 Å². The number of pyridine rings is 1. The highest BCUT2D eigenvalue weighted by Crippen LogP contribution is 2.24. The second-order valence-corrected chi connectivity index (χ2v) is 7.92. The monoisotopic (exact) mass is 370 g/mol. The number of hydrogen-bond acceptors (Lipinski definition) is 5. The molecule has 26 heavy (non-hydrogen) atoms. The van der Waals surface area contributed by atoms with Crippen molar-refractivity contribution in [1.82, 2.24) is 19.9 Å². The Morgan fingerprint density at radius 1 is 1.19 bits per heavy atom. The van der Waals surface area contributed by atoms with Crippen LogP contribution >= 0.6 is 11.8 Å². The van der Waals surface area contributed by atoms with Gasteiger partial charge < -0.3 is 4.90 Å². The van der Waals surface area contributed by atoms with Crippen LogP contribution in [0.3, 0.4) is 0 Å². The van der Waals surface area contributed by atoms with Gasteiger partial charge >= 0.3 is 0 Å². The number of amides is 1. The molecule has 1 amide bonds. The zero-order chi connectivity index (χ0) is 18.2. The van der Waals surface area contributed by atoms with Gasteiger partial charge in [-0.3, -0.25) is 9.78 Å². The molecule has 0 bridgehead atoms. The number of nitrogens with zero attached hydrogens (tertiary/aromatic N) is 4. The third kappa shape index (κ3) is 4.81. The summed E-state index contributed by atoms with van der Waals surface area (Å²) in [6.07, 6.45) is 12.7. The van der Waals surface area contributed by atoms with E-state index in [-0.39, 0.29) is 5.91 Å². The van der Waals surface area contributed by atoms with Crippen LogP contribution in [0.2, 0.25) is 0 Å². The van der Waals surface area contributed by atoms with Crippen molar-refractivity contribution < 1.29 is 4.79 Å². The topological polar surface area (TPSA) is 59.0 Å². The molecule has 1 aliphatic rings. The summed E-state index contributed by atoms with van der Waals surface area (Å²) in [4.78, 5) is 28.0. The summed E-state index contributed by atoms with van der Waals surface area (Å²) in [5.74, 6) is 2.72. The standard InChI is InChI=1S/C20H26N4OS/c1-2-26-12-11-24(18-8-4-3-5-9-18)20(25)17-14-22-19(23-15-17)16-7-6-10-21-13-16/h6-7,10,13-15,18H,2-5,8-9,11-12H2,1H3. The fraction of sp³-hybridized carbons (Fsp3) is 0.500. The molecule has 6 heteroatoms. The maximum absolute atomic E-state index is 13.1. The third-order valence-corrected chi connectivity index (χ3v) is 5.66. The van der Waals surface area contributed by atoms with Crippen molar-refractivity contribution in [2.45, 2.75) is 45.1 Å². The van der Waals surface area contributed by atoms with Crippen molar-refractivity contribution >= 4 is 17.7 Å². The second kappa shape index (κ2) is 9.67. The van der Waals surface area contributed by atoms with E-state index < -0.39 is 0 Å². The molecule has 5 nitrogen and oxygen atoms in total. The molecule has 1 fully saturated rings. The Hall–Kier alpha value is -1.95. The van der Waals surface area contributed by atoms with Gasteiger partial charge in [-0.05, 0) is 30.7 Å². The summed E-state index contributed by atoms with van der Waals surface area (Å²) < 4.78 is 0. The van der Waals surface area contributed by atoms with E-state index in [1.54, 1.807) is 24.8 Å². The van der Waals surface area contributed by atoms with Crippen LogP contribution in [0.1, 0.15) is 49.4 Å². The van der Waals surface area contributed by atoms with E-state index in [2.05, 4.69) is 26.8 Å². The highest BCUT2D eigenvalue weighted by atomic mass is 32.2. The van der Waals surface area contributed by atoms with Crippen molar-refractivity contribution in [3.05, 3.63) is 42.5 Å². The molecule has 0 saturated heterocycles. The molecular formula is C20H26N4OS. The molecule has 138 valence electrons. The first-order valence-corrected chi connectivity index (χ1v) is 10.6. The van der Waals surface area contributed by atoms with Gasteiger partial charge in [-0.25, -0.2) is 9.97 Å². The maximum Gasteiger partial charge on any atom is 0.257 e. The molecule has 0 aliphatic heterocycles. The van der Waals surface area contributed by atoms with Crippen LogP contribution in [0, 0.1) is 0 Å². The zero-order valence-corrected chi connectivity index (χ0v) is 16.1. The van der Waals surface area contributed by atoms with Crippen molar-refractivity contribution in [3.63, 3.8) is 0 Å². The number of carbonyl (C=O) groups is 1. The van der Waals surface area contributed by atoms with Crippen molar-refractivity contribution in [2.24, 2.45) is 0 Å². The Balaban J connectivity index is 1.74. The molecule has 0 spiro atoms. The van der Waals surface area contributed by atoms with Crippen LogP contribution in [0.5, 0.6) is 0 Å². The predicted molar refractivity (Wildman–Crippen MR) is 106 cm³/mol. The summed E-state index contributed by atoms with van der Waals surface area (Å²) in [5.41, 5.74) is 1.43. The largest absolute Gasteiger partial charge is 0.335 e. The Morgan fingerprint density at radius 2 is 1.96 bits per heavy atom. The number of hydrogen-bond donors (Lipinski definition) is 0. The van der Waals surface area contributed by atoms with E-state index in [0.717, 1.165) is 36.5 Å². The van der Waals surface area contributed by atoms with Crippen LogP contribution in [0.4, 0.5) is 0 Å². The average Bonchev–Trinajstić information content (AvgIpc) is 2.72. The van der Waals surface area contributed by atoms with Gasteiger partial charge in [0.05, 0.1) is 5.56 Å². The Labute approximate surface area is 159 Å². The highest BCUT2D eigenvalue weighted by molar-refractivity contribution is 7.99. The van der Waals surface area contributed by atoms with E-state index in [1.807, 2.05) is 23.9 Å². The summed E-state index contributed by atoms with van der Waals surface area (Å²) in [5, 5.41) is 0. The third-order valence-electron chi connectivity index (χ3n) is 4.78. The van der Waals surface area contributed by atoms with Gasteiger partial charge in [0.2, 0.25) is 0 Å². The molecule has 0 radical (unpaired) electrons. The average molecular weight is 371 g/mol. The minimum Gasteiger partial charge on any atom is -0.335 e. The zero-order valence-electron chi connectivity index (χ0n) is 15.3. The van der Waals surface area contributed by atoms with Gasteiger partial charge in [0.1, 0.15) is 0 Å². The van der Waals surface area contributed by atoms with E-state index in [1.165, 1.54) is 19.3 Å². The molecule has 1 aliphatic carbocycles.